The van der Waals surface area contributed by atoms with E-state index in [0.29, 0.717) is 0 Å². The molecule has 0 saturated heterocycles. The van der Waals surface area contributed by atoms with Crippen molar-refractivity contribution in [3.8, 4) is 66.8 Å². The molecular weight excluding hydrogens is 855 g/mol. The van der Waals surface area contributed by atoms with E-state index in [0.717, 1.165) is 33.8 Å². The summed E-state index contributed by atoms with van der Waals surface area (Å²) in [7, 11) is 0. The van der Waals surface area contributed by atoms with Crippen molar-refractivity contribution in [2.45, 2.75) is 24.7 Å². The monoisotopic (exact) mass is 905 g/mol. The Hall–Kier alpha value is -8.78. The molecule has 0 amide bonds. The molecule has 2 aliphatic rings. The van der Waals surface area contributed by atoms with Crippen LogP contribution in [0.4, 0.5) is 17.1 Å². The SMILES string of the molecule is CC1(C)c2ccccc2-c2cc(-c3ccc(-c4ccccc4)cc3N(c3ccc4c(c3)-c3ccccc3C4(c3ccccc3)c3ccccc3)c3cccc(-c4ccccc4)c3-c3ccccc3)ccc21. The van der Waals surface area contributed by atoms with Crippen molar-refractivity contribution in [3.05, 3.63) is 306 Å². The van der Waals surface area contributed by atoms with Crippen LogP contribution in [0.5, 0.6) is 0 Å². The molecule has 0 atom stereocenters. The van der Waals surface area contributed by atoms with Crippen molar-refractivity contribution in [2.75, 3.05) is 4.90 Å². The van der Waals surface area contributed by atoms with Crippen LogP contribution in [-0.2, 0) is 10.8 Å². The highest BCUT2D eigenvalue weighted by Crippen LogP contribution is 2.58. The van der Waals surface area contributed by atoms with Crippen LogP contribution < -0.4 is 4.90 Å². The molecule has 1 heteroatoms. The highest BCUT2D eigenvalue weighted by Gasteiger charge is 2.46. The molecule has 0 heterocycles. The molecule has 0 saturated carbocycles. The lowest BCUT2D eigenvalue weighted by atomic mass is 9.68. The van der Waals surface area contributed by atoms with E-state index in [1.807, 2.05) is 0 Å². The summed E-state index contributed by atoms with van der Waals surface area (Å²) >= 11 is 0. The maximum Gasteiger partial charge on any atom is 0.0713 e. The maximum atomic E-state index is 2.57. The zero-order valence-electron chi connectivity index (χ0n) is 39.9. The van der Waals surface area contributed by atoms with Gasteiger partial charge in [-0.25, -0.2) is 0 Å². The van der Waals surface area contributed by atoms with Crippen molar-refractivity contribution in [3.63, 3.8) is 0 Å². The van der Waals surface area contributed by atoms with Crippen LogP contribution in [0.15, 0.2) is 273 Å². The largest absolute Gasteiger partial charge is 0.309 e. The van der Waals surface area contributed by atoms with E-state index in [9.17, 15) is 0 Å². The highest BCUT2D eigenvalue weighted by atomic mass is 15.1. The molecule has 0 spiro atoms. The topological polar surface area (TPSA) is 3.24 Å². The average Bonchev–Trinajstić information content (AvgIpc) is 3.87. The third-order valence-electron chi connectivity index (χ3n) is 15.4. The summed E-state index contributed by atoms with van der Waals surface area (Å²) in [5, 5.41) is 0. The number of benzene rings is 11. The van der Waals surface area contributed by atoms with E-state index < -0.39 is 5.41 Å². The van der Waals surface area contributed by atoms with E-state index >= 15 is 0 Å². The summed E-state index contributed by atoms with van der Waals surface area (Å²) in [6, 6.07) is 101. The molecule has 13 rings (SSSR count). The molecule has 0 N–H and O–H groups in total. The predicted octanol–water partition coefficient (Wildman–Crippen LogP) is 18.5. The van der Waals surface area contributed by atoms with Crippen LogP contribution in [0.1, 0.15) is 47.2 Å². The maximum absolute atomic E-state index is 2.57. The number of anilines is 3. The molecule has 2 aliphatic carbocycles. The van der Waals surface area contributed by atoms with E-state index in [1.165, 1.54) is 83.5 Å². The molecule has 0 bridgehead atoms. The molecular formula is C70H51N. The quantitative estimate of drug-likeness (QED) is 0.139. The van der Waals surface area contributed by atoms with Gasteiger partial charge >= 0.3 is 0 Å². The summed E-state index contributed by atoms with van der Waals surface area (Å²) < 4.78 is 0. The lowest BCUT2D eigenvalue weighted by molar-refractivity contribution is 0.660. The van der Waals surface area contributed by atoms with Gasteiger partial charge < -0.3 is 4.90 Å². The molecule has 1 nitrogen and oxygen atoms in total. The lowest BCUT2D eigenvalue weighted by Gasteiger charge is -2.34. The number of fused-ring (bicyclic) bond motifs is 6. The van der Waals surface area contributed by atoms with Crippen LogP contribution in [0.3, 0.4) is 0 Å². The van der Waals surface area contributed by atoms with Crippen molar-refractivity contribution >= 4 is 17.1 Å². The Morgan fingerprint density at radius 3 is 1.41 bits per heavy atom. The molecule has 0 fully saturated rings. The van der Waals surface area contributed by atoms with Gasteiger partial charge in [0.15, 0.2) is 0 Å². The molecule has 0 aromatic heterocycles. The number of hydrogen-bond acceptors (Lipinski definition) is 1. The van der Waals surface area contributed by atoms with E-state index in [1.54, 1.807) is 0 Å². The predicted molar refractivity (Wildman–Crippen MR) is 298 cm³/mol. The molecule has 71 heavy (non-hydrogen) atoms. The van der Waals surface area contributed by atoms with Crippen molar-refractivity contribution in [1.82, 2.24) is 0 Å². The molecule has 11 aromatic rings. The van der Waals surface area contributed by atoms with Crippen LogP contribution in [0, 0.1) is 0 Å². The van der Waals surface area contributed by atoms with Gasteiger partial charge in [0.05, 0.1) is 16.8 Å². The Morgan fingerprint density at radius 1 is 0.268 bits per heavy atom. The summed E-state index contributed by atoms with van der Waals surface area (Å²) in [6.07, 6.45) is 0. The smallest absolute Gasteiger partial charge is 0.0713 e. The Labute approximate surface area is 417 Å². The van der Waals surface area contributed by atoms with Gasteiger partial charge in [0.1, 0.15) is 0 Å². The molecule has 336 valence electrons. The minimum atomic E-state index is -0.521. The zero-order valence-corrected chi connectivity index (χ0v) is 39.9. The first kappa shape index (κ1) is 42.3. The fourth-order valence-electron chi connectivity index (χ4n) is 12.1. The lowest BCUT2D eigenvalue weighted by Crippen LogP contribution is -2.28. The first-order valence-corrected chi connectivity index (χ1v) is 24.8. The second kappa shape index (κ2) is 17.0. The third kappa shape index (κ3) is 6.76. The molecule has 0 unspecified atom stereocenters. The Balaban J connectivity index is 1.13. The van der Waals surface area contributed by atoms with Crippen molar-refractivity contribution in [2.24, 2.45) is 0 Å². The number of hydrogen-bond donors (Lipinski definition) is 0. The van der Waals surface area contributed by atoms with Gasteiger partial charge in [0.2, 0.25) is 0 Å². The average molecular weight is 906 g/mol. The van der Waals surface area contributed by atoms with Gasteiger partial charge in [-0.2, -0.15) is 0 Å². The Bertz CT molecular complexity index is 3720. The van der Waals surface area contributed by atoms with Crippen LogP contribution in [0.25, 0.3) is 66.8 Å². The Kier molecular flexibility index (Phi) is 10.1. The fourth-order valence-corrected chi connectivity index (χ4v) is 12.1. The molecule has 0 aliphatic heterocycles. The summed E-state index contributed by atoms with van der Waals surface area (Å²) in [6.45, 7) is 4.72. The van der Waals surface area contributed by atoms with E-state index in [-0.39, 0.29) is 5.41 Å². The minimum absolute atomic E-state index is 0.103. The fraction of sp³-hybridized carbons (Fsp3) is 0.0571. The van der Waals surface area contributed by atoms with Gasteiger partial charge in [-0.3, -0.25) is 0 Å². The summed E-state index contributed by atoms with van der Waals surface area (Å²) in [5.74, 6) is 0. The van der Waals surface area contributed by atoms with Gasteiger partial charge in [0.25, 0.3) is 0 Å². The van der Waals surface area contributed by atoms with Gasteiger partial charge in [0, 0.05) is 22.2 Å². The third-order valence-corrected chi connectivity index (χ3v) is 15.4. The summed E-state index contributed by atoms with van der Waals surface area (Å²) in [5.41, 5.74) is 24.9. The van der Waals surface area contributed by atoms with E-state index in [4.69, 9.17) is 0 Å². The normalized spacial score (nSPS) is 13.4. The second-order valence-corrected chi connectivity index (χ2v) is 19.6. The standard InChI is InChI=1S/C70H51N/c1-69(2)62-36-20-18-33-58(62)60-45-52(40-43-63(60)69)56-42-39-51(48-23-8-3-9-24-48)46-67(56)71(66-38-22-35-57(49-25-10-4-11-26-49)68(66)50-27-12-5-13-28-50)55-41-44-65-61(47-55)59-34-19-21-37-64(59)70(65,53-29-14-6-15-30-53)54-31-16-7-17-32-54/h3-47H,1-2H3. The highest BCUT2D eigenvalue weighted by molar-refractivity contribution is 6.01. The Morgan fingerprint density at radius 2 is 0.746 bits per heavy atom. The molecule has 11 aromatic carbocycles. The molecule has 0 radical (unpaired) electrons. The first-order chi connectivity index (χ1) is 35.0. The summed E-state index contributed by atoms with van der Waals surface area (Å²) in [4.78, 5) is 2.57. The van der Waals surface area contributed by atoms with Gasteiger partial charge in [-0.05, 0) is 119 Å². The van der Waals surface area contributed by atoms with Crippen LogP contribution >= 0.6 is 0 Å². The van der Waals surface area contributed by atoms with Crippen LogP contribution in [0.2, 0.25) is 0 Å². The zero-order chi connectivity index (χ0) is 47.5. The minimum Gasteiger partial charge on any atom is -0.309 e. The van der Waals surface area contributed by atoms with Crippen molar-refractivity contribution < 1.29 is 0 Å². The van der Waals surface area contributed by atoms with E-state index in [2.05, 4.69) is 292 Å². The van der Waals surface area contributed by atoms with Crippen LogP contribution in [-0.4, -0.2) is 0 Å². The van der Waals surface area contributed by atoms with Crippen molar-refractivity contribution in [1.29, 1.82) is 0 Å². The van der Waals surface area contributed by atoms with Gasteiger partial charge in [-0.1, -0.05) is 257 Å². The first-order valence-electron chi connectivity index (χ1n) is 24.8. The second-order valence-electron chi connectivity index (χ2n) is 19.6. The number of rotatable bonds is 9. The number of nitrogens with zero attached hydrogens (tertiary/aromatic N) is 1. The van der Waals surface area contributed by atoms with Gasteiger partial charge in [-0.15, -0.1) is 0 Å².